The Morgan fingerprint density at radius 2 is 2.03 bits per heavy atom. The number of hydrogen-bond acceptors (Lipinski definition) is 7. The molecule has 6 nitrogen and oxygen atoms in total. The third-order valence-corrected chi connectivity index (χ3v) is 5.49. The van der Waals surface area contributed by atoms with Gasteiger partial charge in [0.25, 0.3) is 0 Å². The number of nitrogens with one attached hydrogen (secondary N) is 1. The van der Waals surface area contributed by atoms with Crippen LogP contribution in [0.15, 0.2) is 58.3 Å². The quantitative estimate of drug-likeness (QED) is 0.381. The highest BCUT2D eigenvalue weighted by atomic mass is 32.2. The molecule has 0 radical (unpaired) electrons. The van der Waals surface area contributed by atoms with E-state index >= 15 is 0 Å². The van der Waals surface area contributed by atoms with Crippen LogP contribution in [0.25, 0.3) is 17.3 Å². The van der Waals surface area contributed by atoms with Gasteiger partial charge in [-0.2, -0.15) is 4.98 Å². The topological polar surface area (TPSA) is 73.1 Å². The molecule has 1 aliphatic heterocycles. The lowest BCUT2D eigenvalue weighted by Crippen LogP contribution is -2.23. The standard InChI is InChI=1S/C22H24N4O2S/c1-2-3-4-7-15-29-22-24-21-20(25-26-22)17-10-5-6-11-18(17)23-19(28-21)13-12-16-9-8-14-27-16/h5-6,8-14,19,23H,2-4,7,15H2,1H3/b13-12+. The van der Waals surface area contributed by atoms with Gasteiger partial charge < -0.3 is 14.5 Å². The Bertz CT molecular complexity index is 959. The lowest BCUT2D eigenvalue weighted by molar-refractivity contribution is 0.266. The number of para-hydroxylation sites is 1. The first-order valence-corrected chi connectivity index (χ1v) is 10.9. The first-order chi connectivity index (χ1) is 14.3. The third-order valence-electron chi connectivity index (χ3n) is 4.56. The average molecular weight is 409 g/mol. The summed E-state index contributed by atoms with van der Waals surface area (Å²) < 4.78 is 11.5. The van der Waals surface area contributed by atoms with Crippen molar-refractivity contribution in [1.29, 1.82) is 0 Å². The van der Waals surface area contributed by atoms with Crippen LogP contribution in [0.5, 0.6) is 5.88 Å². The number of thioether (sulfide) groups is 1. The summed E-state index contributed by atoms with van der Waals surface area (Å²) >= 11 is 1.63. The van der Waals surface area contributed by atoms with Crippen molar-refractivity contribution in [1.82, 2.24) is 15.2 Å². The van der Waals surface area contributed by atoms with E-state index in [0.717, 1.165) is 29.2 Å². The molecule has 2 aromatic heterocycles. The van der Waals surface area contributed by atoms with Crippen molar-refractivity contribution in [3.05, 3.63) is 54.5 Å². The van der Waals surface area contributed by atoms with Crippen LogP contribution < -0.4 is 10.1 Å². The Kier molecular flexibility index (Phi) is 6.46. The minimum absolute atomic E-state index is 0.401. The number of benzene rings is 1. The summed E-state index contributed by atoms with van der Waals surface area (Å²) in [5.41, 5.74) is 2.50. The fourth-order valence-electron chi connectivity index (χ4n) is 3.08. The fourth-order valence-corrected chi connectivity index (χ4v) is 3.85. The summed E-state index contributed by atoms with van der Waals surface area (Å²) in [5, 5.41) is 12.8. The molecule has 3 aromatic rings. The van der Waals surface area contributed by atoms with Gasteiger partial charge in [0.15, 0.2) is 11.9 Å². The molecule has 4 rings (SSSR count). The third kappa shape index (κ3) is 4.98. The Morgan fingerprint density at radius 3 is 2.90 bits per heavy atom. The van der Waals surface area contributed by atoms with E-state index in [1.54, 1.807) is 18.0 Å². The van der Waals surface area contributed by atoms with Crippen LogP contribution in [0.4, 0.5) is 5.69 Å². The van der Waals surface area contributed by atoms with Gasteiger partial charge in [-0.15, -0.1) is 10.2 Å². The van der Waals surface area contributed by atoms with Crippen molar-refractivity contribution >= 4 is 23.5 Å². The van der Waals surface area contributed by atoms with E-state index in [4.69, 9.17) is 9.15 Å². The van der Waals surface area contributed by atoms with Gasteiger partial charge in [-0.25, -0.2) is 0 Å². The molecule has 29 heavy (non-hydrogen) atoms. The van der Waals surface area contributed by atoms with Crippen LogP contribution in [-0.4, -0.2) is 27.2 Å². The van der Waals surface area contributed by atoms with Crippen LogP contribution in [-0.2, 0) is 0 Å². The van der Waals surface area contributed by atoms with Gasteiger partial charge in [-0.3, -0.25) is 0 Å². The van der Waals surface area contributed by atoms with Gasteiger partial charge in [0, 0.05) is 17.0 Å². The zero-order valence-electron chi connectivity index (χ0n) is 16.4. The van der Waals surface area contributed by atoms with E-state index < -0.39 is 6.23 Å². The number of nitrogens with zero attached hydrogens (tertiary/aromatic N) is 3. The maximum atomic E-state index is 6.16. The van der Waals surface area contributed by atoms with E-state index in [0.29, 0.717) is 16.7 Å². The van der Waals surface area contributed by atoms with Crippen molar-refractivity contribution in [3.8, 4) is 17.1 Å². The molecule has 0 saturated carbocycles. The van der Waals surface area contributed by atoms with Crippen molar-refractivity contribution in [2.45, 2.75) is 44.0 Å². The van der Waals surface area contributed by atoms with E-state index in [9.17, 15) is 0 Å². The lowest BCUT2D eigenvalue weighted by atomic mass is 10.1. The highest BCUT2D eigenvalue weighted by Gasteiger charge is 2.23. The number of rotatable bonds is 8. The van der Waals surface area contributed by atoms with Gasteiger partial charge in [0.2, 0.25) is 11.0 Å². The Hall–Kier alpha value is -2.80. The largest absolute Gasteiger partial charge is 0.465 e. The zero-order valence-corrected chi connectivity index (χ0v) is 17.2. The predicted molar refractivity (Wildman–Crippen MR) is 116 cm³/mol. The maximum Gasteiger partial charge on any atom is 0.247 e. The molecule has 3 heterocycles. The molecule has 0 saturated heterocycles. The zero-order chi connectivity index (χ0) is 19.9. The molecule has 1 N–H and O–H groups in total. The Balaban J connectivity index is 1.56. The molecule has 0 spiro atoms. The summed E-state index contributed by atoms with van der Waals surface area (Å²) in [6, 6.07) is 11.7. The molecule has 0 amide bonds. The van der Waals surface area contributed by atoms with Crippen molar-refractivity contribution in [2.24, 2.45) is 0 Å². The normalized spacial score (nSPS) is 15.3. The Morgan fingerprint density at radius 1 is 1.10 bits per heavy atom. The molecule has 0 bridgehead atoms. The SMILES string of the molecule is CCCCCCSc1nnc2c(n1)OC(/C=C/c1ccco1)Nc1ccccc1-2. The molecule has 1 aromatic carbocycles. The minimum Gasteiger partial charge on any atom is -0.465 e. The van der Waals surface area contributed by atoms with Crippen LogP contribution in [0.2, 0.25) is 0 Å². The molecule has 0 fully saturated rings. The molecular formula is C22H24N4O2S. The highest BCUT2D eigenvalue weighted by Crippen LogP contribution is 2.36. The number of hydrogen-bond donors (Lipinski definition) is 1. The van der Waals surface area contributed by atoms with E-state index in [-0.39, 0.29) is 0 Å². The fraction of sp³-hybridized carbons (Fsp3) is 0.318. The van der Waals surface area contributed by atoms with Crippen molar-refractivity contribution in [3.63, 3.8) is 0 Å². The van der Waals surface area contributed by atoms with Crippen LogP contribution >= 0.6 is 11.8 Å². The average Bonchev–Trinajstić information content (AvgIpc) is 3.21. The highest BCUT2D eigenvalue weighted by molar-refractivity contribution is 7.99. The summed E-state index contributed by atoms with van der Waals surface area (Å²) in [4.78, 5) is 4.65. The second-order valence-corrected chi connectivity index (χ2v) is 7.82. The summed E-state index contributed by atoms with van der Waals surface area (Å²) in [5.74, 6) is 2.23. The van der Waals surface area contributed by atoms with Gasteiger partial charge in [0.05, 0.1) is 6.26 Å². The van der Waals surface area contributed by atoms with E-state index in [1.165, 1.54) is 19.3 Å². The van der Waals surface area contributed by atoms with Crippen molar-refractivity contribution < 1.29 is 9.15 Å². The first-order valence-electron chi connectivity index (χ1n) is 9.95. The second-order valence-electron chi connectivity index (χ2n) is 6.76. The minimum atomic E-state index is -0.401. The van der Waals surface area contributed by atoms with Crippen LogP contribution in [0, 0.1) is 0 Å². The lowest BCUT2D eigenvalue weighted by Gasteiger charge is -2.15. The number of ether oxygens (including phenoxy) is 1. The number of furan rings is 1. The molecule has 1 atom stereocenters. The second kappa shape index (κ2) is 9.60. The van der Waals surface area contributed by atoms with Gasteiger partial charge in [-0.05, 0) is 36.8 Å². The van der Waals surface area contributed by atoms with Gasteiger partial charge in [0.1, 0.15) is 5.76 Å². The summed E-state index contributed by atoms with van der Waals surface area (Å²) in [6.07, 6.45) is 9.91. The summed E-state index contributed by atoms with van der Waals surface area (Å²) in [7, 11) is 0. The predicted octanol–water partition coefficient (Wildman–Crippen LogP) is 5.65. The van der Waals surface area contributed by atoms with Crippen LogP contribution in [0.3, 0.4) is 0 Å². The molecular weight excluding hydrogens is 384 g/mol. The van der Waals surface area contributed by atoms with Gasteiger partial charge >= 0.3 is 0 Å². The molecule has 0 aliphatic carbocycles. The van der Waals surface area contributed by atoms with E-state index in [2.05, 4.69) is 27.4 Å². The van der Waals surface area contributed by atoms with E-state index in [1.807, 2.05) is 48.6 Å². The molecule has 150 valence electrons. The Labute approximate surface area is 174 Å². The number of unbranched alkanes of at least 4 members (excludes halogenated alkanes) is 3. The molecule has 7 heteroatoms. The first kappa shape index (κ1) is 19.5. The van der Waals surface area contributed by atoms with Gasteiger partial charge in [-0.1, -0.05) is 56.1 Å². The monoisotopic (exact) mass is 408 g/mol. The number of fused-ring (bicyclic) bond motifs is 3. The molecule has 1 aliphatic rings. The number of aromatic nitrogens is 3. The summed E-state index contributed by atoms with van der Waals surface area (Å²) in [6.45, 7) is 2.21. The van der Waals surface area contributed by atoms with Crippen molar-refractivity contribution in [2.75, 3.05) is 11.1 Å². The molecule has 1 unspecified atom stereocenters. The number of anilines is 1. The smallest absolute Gasteiger partial charge is 0.247 e. The maximum absolute atomic E-state index is 6.16. The van der Waals surface area contributed by atoms with Crippen LogP contribution in [0.1, 0.15) is 38.4 Å².